The summed E-state index contributed by atoms with van der Waals surface area (Å²) in [7, 11) is -3.53. The first-order valence-corrected chi connectivity index (χ1v) is 10.1. The van der Waals surface area contributed by atoms with Gasteiger partial charge in [0.25, 0.3) is 0 Å². The fourth-order valence-corrected chi connectivity index (χ4v) is 3.94. The molecule has 1 aromatic rings. The first-order valence-electron chi connectivity index (χ1n) is 8.58. The first kappa shape index (κ1) is 23.0. The molecule has 1 atom stereocenters. The van der Waals surface area contributed by atoms with Gasteiger partial charge >= 0.3 is 39.7 Å². The van der Waals surface area contributed by atoms with Crippen LogP contribution in [-0.2, 0) is 10.1 Å². The van der Waals surface area contributed by atoms with Crippen molar-refractivity contribution in [2.45, 2.75) is 76.9 Å². The molecule has 0 amide bonds. The van der Waals surface area contributed by atoms with Gasteiger partial charge in [-0.15, -0.1) is 0 Å². The fourth-order valence-electron chi connectivity index (χ4n) is 2.56. The van der Waals surface area contributed by atoms with Crippen LogP contribution in [0.3, 0.4) is 0 Å². The van der Waals surface area contributed by atoms with E-state index in [1.165, 1.54) is 32.1 Å². The van der Waals surface area contributed by atoms with E-state index in [4.69, 9.17) is 4.18 Å². The van der Waals surface area contributed by atoms with Crippen molar-refractivity contribution in [2.24, 2.45) is 0 Å². The summed E-state index contributed by atoms with van der Waals surface area (Å²) >= 11 is 0. The summed E-state index contributed by atoms with van der Waals surface area (Å²) in [6.07, 6.45) is 9.69. The summed E-state index contributed by atoms with van der Waals surface area (Å²) in [6.45, 7) is 4.13. The van der Waals surface area contributed by atoms with Crippen LogP contribution >= 0.6 is 0 Å². The van der Waals surface area contributed by atoms with Crippen molar-refractivity contribution in [1.29, 1.82) is 0 Å². The summed E-state index contributed by atoms with van der Waals surface area (Å²) in [5.41, 5.74) is 0. The van der Waals surface area contributed by atoms with E-state index in [2.05, 4.69) is 6.92 Å². The van der Waals surface area contributed by atoms with Crippen LogP contribution in [0.2, 0.25) is 0 Å². The Morgan fingerprint density at radius 3 is 2.04 bits per heavy atom. The van der Waals surface area contributed by atoms with Crippen LogP contribution in [0.1, 0.15) is 71.6 Å². The van der Waals surface area contributed by atoms with Crippen molar-refractivity contribution >= 4 is 39.7 Å². The molecule has 0 fully saturated rings. The van der Waals surface area contributed by atoms with Crippen LogP contribution < -0.4 is 4.18 Å². The minimum absolute atomic E-state index is 0. The minimum atomic E-state index is -3.53. The number of para-hydroxylation sites is 1. The van der Waals surface area contributed by atoms with Gasteiger partial charge in [0.1, 0.15) is 5.75 Å². The summed E-state index contributed by atoms with van der Waals surface area (Å²) in [5, 5.41) is -0.400. The Hall–Kier alpha value is -0.0300. The Morgan fingerprint density at radius 2 is 1.48 bits per heavy atom. The van der Waals surface area contributed by atoms with E-state index in [9.17, 15) is 8.42 Å². The van der Waals surface area contributed by atoms with Crippen molar-refractivity contribution in [2.75, 3.05) is 0 Å². The summed E-state index contributed by atoms with van der Waals surface area (Å²) < 4.78 is 29.9. The topological polar surface area (TPSA) is 43.4 Å². The van der Waals surface area contributed by atoms with Crippen LogP contribution in [0.25, 0.3) is 0 Å². The third kappa shape index (κ3) is 9.75. The van der Waals surface area contributed by atoms with Gasteiger partial charge in [0.15, 0.2) is 0 Å². The summed E-state index contributed by atoms with van der Waals surface area (Å²) in [5.74, 6) is 0.403. The quantitative estimate of drug-likeness (QED) is 0.313. The zero-order valence-corrected chi connectivity index (χ0v) is 14.8. The van der Waals surface area contributed by atoms with Gasteiger partial charge in [-0.05, 0) is 25.0 Å². The molecule has 1 aromatic carbocycles. The summed E-state index contributed by atoms with van der Waals surface area (Å²) in [6, 6.07) is 8.76. The Bertz CT molecular complexity index is 488. The SMILES string of the molecule is CCCCCCCCCC(CC)S(=O)(=O)Oc1ccccc1.[NaH]. The van der Waals surface area contributed by atoms with Crippen molar-refractivity contribution in [1.82, 2.24) is 0 Å². The number of benzene rings is 1. The molecule has 0 radical (unpaired) electrons. The second-order valence-electron chi connectivity index (χ2n) is 5.83. The average Bonchev–Trinajstić information content (AvgIpc) is 2.50. The van der Waals surface area contributed by atoms with Crippen LogP contribution in [-0.4, -0.2) is 43.2 Å². The second-order valence-corrected chi connectivity index (χ2v) is 7.65. The molecule has 5 heteroatoms. The molecule has 0 N–H and O–H groups in total. The van der Waals surface area contributed by atoms with E-state index in [-0.39, 0.29) is 29.6 Å². The zero-order chi connectivity index (χ0) is 16.3. The maximum absolute atomic E-state index is 12.3. The molecule has 0 aliphatic rings. The Labute approximate surface area is 164 Å². The first-order chi connectivity index (χ1) is 10.6. The van der Waals surface area contributed by atoms with E-state index in [1.54, 1.807) is 24.3 Å². The van der Waals surface area contributed by atoms with Gasteiger partial charge in [-0.2, -0.15) is 8.42 Å². The molecule has 1 rings (SSSR count). The van der Waals surface area contributed by atoms with Crippen LogP contribution in [0.15, 0.2) is 30.3 Å². The Morgan fingerprint density at radius 1 is 0.913 bits per heavy atom. The molecule has 23 heavy (non-hydrogen) atoms. The fraction of sp³-hybridized carbons (Fsp3) is 0.667. The third-order valence-corrected chi connectivity index (χ3v) is 5.76. The molecule has 1 unspecified atom stereocenters. The molecule has 0 bridgehead atoms. The van der Waals surface area contributed by atoms with Gasteiger partial charge < -0.3 is 4.18 Å². The predicted molar refractivity (Wildman–Crippen MR) is 99.8 cm³/mol. The van der Waals surface area contributed by atoms with Crippen LogP contribution in [0, 0.1) is 0 Å². The average molecular weight is 350 g/mol. The normalized spacial score (nSPS) is 12.4. The number of unbranched alkanes of at least 4 members (excludes halogenated alkanes) is 6. The number of hydrogen-bond acceptors (Lipinski definition) is 3. The van der Waals surface area contributed by atoms with Gasteiger partial charge in [-0.25, -0.2) is 0 Å². The molecule has 0 heterocycles. The van der Waals surface area contributed by atoms with Crippen LogP contribution in [0.5, 0.6) is 5.75 Å². The van der Waals surface area contributed by atoms with Crippen LogP contribution in [0.4, 0.5) is 0 Å². The molecule has 0 saturated heterocycles. The third-order valence-electron chi connectivity index (χ3n) is 3.95. The van der Waals surface area contributed by atoms with E-state index >= 15 is 0 Å². The standard InChI is InChI=1S/C18H30O3S.Na.H/c1-3-5-6-7-8-9-13-16-18(4-2)22(19,20)21-17-14-11-10-12-15-17;;/h10-12,14-15,18H,3-9,13,16H2,1-2H3;;. The van der Waals surface area contributed by atoms with Crippen molar-refractivity contribution in [3.05, 3.63) is 30.3 Å². The summed E-state index contributed by atoms with van der Waals surface area (Å²) in [4.78, 5) is 0. The molecular formula is C18H31NaO3S. The maximum atomic E-state index is 12.3. The van der Waals surface area contributed by atoms with E-state index in [1.807, 2.05) is 13.0 Å². The molecule has 3 nitrogen and oxygen atoms in total. The van der Waals surface area contributed by atoms with Gasteiger partial charge in [-0.1, -0.05) is 77.0 Å². The monoisotopic (exact) mass is 350 g/mol. The van der Waals surface area contributed by atoms with Crippen molar-refractivity contribution in [3.8, 4) is 5.75 Å². The molecule has 0 aliphatic heterocycles. The van der Waals surface area contributed by atoms with E-state index < -0.39 is 15.4 Å². The molecule has 128 valence electrons. The van der Waals surface area contributed by atoms with Gasteiger partial charge in [0.2, 0.25) is 0 Å². The van der Waals surface area contributed by atoms with E-state index in [0.29, 0.717) is 18.6 Å². The number of rotatable bonds is 12. The molecule has 0 spiro atoms. The molecular weight excluding hydrogens is 319 g/mol. The molecule has 0 aliphatic carbocycles. The number of hydrogen-bond donors (Lipinski definition) is 0. The van der Waals surface area contributed by atoms with E-state index in [0.717, 1.165) is 12.8 Å². The molecule has 0 saturated carbocycles. The Kier molecular flexibility index (Phi) is 13.3. The van der Waals surface area contributed by atoms with Gasteiger partial charge in [0, 0.05) is 0 Å². The zero-order valence-electron chi connectivity index (χ0n) is 14.0. The second kappa shape index (κ2) is 13.3. The Balaban J connectivity index is 0.00000484. The van der Waals surface area contributed by atoms with Crippen molar-refractivity contribution < 1.29 is 12.6 Å². The predicted octanol–water partition coefficient (Wildman–Crippen LogP) is 4.67. The molecule has 0 aromatic heterocycles. The van der Waals surface area contributed by atoms with Gasteiger partial charge in [-0.3, -0.25) is 0 Å². The van der Waals surface area contributed by atoms with Crippen molar-refractivity contribution in [3.63, 3.8) is 0 Å². The van der Waals surface area contributed by atoms with Gasteiger partial charge in [0.05, 0.1) is 5.25 Å².